The van der Waals surface area contributed by atoms with E-state index in [0.29, 0.717) is 36.0 Å². The van der Waals surface area contributed by atoms with E-state index in [1.54, 1.807) is 23.9 Å². The third-order valence-electron chi connectivity index (χ3n) is 3.87. The highest BCUT2D eigenvalue weighted by molar-refractivity contribution is 8.00. The molecule has 1 fully saturated rings. The molecule has 0 spiro atoms. The molecule has 0 saturated carbocycles. The minimum absolute atomic E-state index is 0.149. The average Bonchev–Trinajstić information content (AvgIpc) is 3.07. The van der Waals surface area contributed by atoms with E-state index in [1.807, 2.05) is 17.0 Å². The Labute approximate surface area is 140 Å². The Hall–Kier alpha value is -2.00. The van der Waals surface area contributed by atoms with E-state index in [1.165, 1.54) is 7.11 Å². The minimum atomic E-state index is -0.222. The van der Waals surface area contributed by atoms with Crippen molar-refractivity contribution >= 4 is 23.6 Å². The van der Waals surface area contributed by atoms with Crippen LogP contribution in [0, 0.1) is 11.3 Å². The molecule has 1 aliphatic rings. The van der Waals surface area contributed by atoms with Gasteiger partial charge in [0.1, 0.15) is 0 Å². The largest absolute Gasteiger partial charge is 0.468 e. The summed E-state index contributed by atoms with van der Waals surface area (Å²) in [6.45, 7) is 1.46. The van der Waals surface area contributed by atoms with Crippen LogP contribution < -0.4 is 0 Å². The van der Waals surface area contributed by atoms with Crippen molar-refractivity contribution in [3.63, 3.8) is 0 Å². The van der Waals surface area contributed by atoms with Crippen LogP contribution in [0.15, 0.2) is 24.3 Å². The molecule has 1 saturated heterocycles. The molecule has 2 rings (SSSR count). The maximum atomic E-state index is 12.3. The summed E-state index contributed by atoms with van der Waals surface area (Å²) in [4.78, 5) is 25.3. The van der Waals surface area contributed by atoms with Crippen molar-refractivity contribution in [3.05, 3.63) is 35.4 Å². The lowest BCUT2D eigenvalue weighted by molar-refractivity contribution is -0.137. The number of esters is 1. The van der Waals surface area contributed by atoms with E-state index in [-0.39, 0.29) is 11.9 Å². The number of amides is 1. The zero-order chi connectivity index (χ0) is 16.7. The van der Waals surface area contributed by atoms with Gasteiger partial charge in [0, 0.05) is 24.8 Å². The first-order valence-corrected chi connectivity index (χ1v) is 8.62. The fourth-order valence-corrected chi connectivity index (χ4v) is 3.54. The number of likely N-dealkylation sites (tertiary alicyclic amines) is 1. The highest BCUT2D eigenvalue weighted by Crippen LogP contribution is 2.23. The second-order valence-corrected chi connectivity index (χ2v) is 6.73. The number of aryl methyl sites for hydroxylation is 1. The number of carbonyl (C=O) groups excluding carboxylic acids is 2. The van der Waals surface area contributed by atoms with E-state index in [9.17, 15) is 9.59 Å². The molecular weight excluding hydrogens is 312 g/mol. The Kier molecular flexibility index (Phi) is 6.48. The highest BCUT2D eigenvalue weighted by atomic mass is 32.2. The van der Waals surface area contributed by atoms with Crippen LogP contribution in [-0.2, 0) is 20.7 Å². The first-order valence-electron chi connectivity index (χ1n) is 7.57. The average molecular weight is 332 g/mol. The number of nitrogens with zero attached hydrogens (tertiary/aromatic N) is 2. The Morgan fingerprint density at radius 2 is 2.13 bits per heavy atom. The number of methoxy groups -OCH3 is 1. The first kappa shape index (κ1) is 17.4. The number of rotatable bonds is 6. The normalized spacial score (nSPS) is 16.9. The zero-order valence-corrected chi connectivity index (χ0v) is 14.0. The molecule has 1 heterocycles. The number of hydrogen-bond donors (Lipinski definition) is 0. The summed E-state index contributed by atoms with van der Waals surface area (Å²) < 4.78 is 4.63. The summed E-state index contributed by atoms with van der Waals surface area (Å²) in [6, 6.07) is 9.42. The maximum absolute atomic E-state index is 12.3. The third-order valence-corrected chi connectivity index (χ3v) is 5.13. The van der Waals surface area contributed by atoms with Gasteiger partial charge in [-0.3, -0.25) is 9.59 Å². The smallest absolute Gasteiger partial charge is 0.315 e. The standard InChI is InChI=1S/C17H20N2O3S/c1-22-17(21)12-23-15-8-9-19(11-15)16(20)7-6-13-2-4-14(10-18)5-3-13/h2-5,15H,6-9,11-12H2,1H3/t15-/m0/s1. The van der Waals surface area contributed by atoms with Crippen molar-refractivity contribution in [2.45, 2.75) is 24.5 Å². The van der Waals surface area contributed by atoms with Crippen LogP contribution in [0.25, 0.3) is 0 Å². The summed E-state index contributed by atoms with van der Waals surface area (Å²) in [5, 5.41) is 9.08. The lowest BCUT2D eigenvalue weighted by Gasteiger charge is -2.16. The zero-order valence-electron chi connectivity index (χ0n) is 13.2. The van der Waals surface area contributed by atoms with Gasteiger partial charge in [-0.05, 0) is 30.5 Å². The molecule has 23 heavy (non-hydrogen) atoms. The van der Waals surface area contributed by atoms with E-state index in [0.717, 1.165) is 18.5 Å². The van der Waals surface area contributed by atoms with Crippen molar-refractivity contribution in [3.8, 4) is 6.07 Å². The van der Waals surface area contributed by atoms with E-state index >= 15 is 0 Å². The molecule has 0 aliphatic carbocycles. The lowest BCUT2D eigenvalue weighted by Crippen LogP contribution is -2.29. The molecule has 122 valence electrons. The molecule has 0 radical (unpaired) electrons. The third kappa shape index (κ3) is 5.29. The summed E-state index contributed by atoms with van der Waals surface area (Å²) in [5.74, 6) is 0.269. The second-order valence-electron chi connectivity index (χ2n) is 5.45. The molecule has 0 unspecified atom stereocenters. The molecule has 0 bridgehead atoms. The Morgan fingerprint density at radius 1 is 1.39 bits per heavy atom. The first-order chi connectivity index (χ1) is 11.1. The van der Waals surface area contributed by atoms with Crippen LogP contribution in [0.3, 0.4) is 0 Å². The molecule has 0 N–H and O–H groups in total. The van der Waals surface area contributed by atoms with E-state index in [4.69, 9.17) is 5.26 Å². The van der Waals surface area contributed by atoms with Crippen molar-refractivity contribution in [2.24, 2.45) is 0 Å². The summed E-state index contributed by atoms with van der Waals surface area (Å²) in [7, 11) is 1.39. The number of nitriles is 1. The molecule has 1 aliphatic heterocycles. The van der Waals surface area contributed by atoms with Crippen molar-refractivity contribution in [2.75, 3.05) is 26.0 Å². The Balaban J connectivity index is 1.74. The van der Waals surface area contributed by atoms with Gasteiger partial charge in [0.15, 0.2) is 0 Å². The van der Waals surface area contributed by atoms with Gasteiger partial charge in [0.2, 0.25) is 5.91 Å². The maximum Gasteiger partial charge on any atom is 0.315 e. The molecular formula is C17H20N2O3S. The number of benzene rings is 1. The fraction of sp³-hybridized carbons (Fsp3) is 0.471. The van der Waals surface area contributed by atoms with Crippen molar-refractivity contribution < 1.29 is 14.3 Å². The number of ether oxygens (including phenoxy) is 1. The Morgan fingerprint density at radius 3 is 2.78 bits per heavy atom. The fourth-order valence-electron chi connectivity index (χ4n) is 2.49. The van der Waals surface area contributed by atoms with Gasteiger partial charge in [0.05, 0.1) is 24.5 Å². The van der Waals surface area contributed by atoms with Gasteiger partial charge < -0.3 is 9.64 Å². The predicted octanol–water partition coefficient (Wildman–Crippen LogP) is 2.00. The summed E-state index contributed by atoms with van der Waals surface area (Å²) >= 11 is 1.56. The molecule has 1 aromatic rings. The highest BCUT2D eigenvalue weighted by Gasteiger charge is 2.26. The van der Waals surface area contributed by atoms with E-state index in [2.05, 4.69) is 10.8 Å². The van der Waals surface area contributed by atoms with Gasteiger partial charge in [-0.2, -0.15) is 5.26 Å². The number of hydrogen-bond acceptors (Lipinski definition) is 5. The molecule has 5 nitrogen and oxygen atoms in total. The van der Waals surface area contributed by atoms with Crippen LogP contribution in [0.2, 0.25) is 0 Å². The van der Waals surface area contributed by atoms with Gasteiger partial charge >= 0.3 is 5.97 Å². The molecule has 6 heteroatoms. The Bertz CT molecular complexity index is 595. The SMILES string of the molecule is COC(=O)CS[C@H]1CCN(C(=O)CCc2ccc(C#N)cc2)C1. The monoisotopic (exact) mass is 332 g/mol. The quantitative estimate of drug-likeness (QED) is 0.745. The lowest BCUT2D eigenvalue weighted by atomic mass is 10.1. The van der Waals surface area contributed by atoms with Crippen molar-refractivity contribution in [1.29, 1.82) is 5.26 Å². The topological polar surface area (TPSA) is 70.4 Å². The predicted molar refractivity (Wildman–Crippen MR) is 88.9 cm³/mol. The molecule has 1 atom stereocenters. The van der Waals surface area contributed by atoms with Crippen LogP contribution in [0.4, 0.5) is 0 Å². The number of carbonyl (C=O) groups is 2. The molecule has 1 amide bonds. The van der Waals surface area contributed by atoms with Gasteiger partial charge in [-0.25, -0.2) is 0 Å². The van der Waals surface area contributed by atoms with Crippen LogP contribution >= 0.6 is 11.8 Å². The van der Waals surface area contributed by atoms with E-state index < -0.39 is 0 Å². The number of thioether (sulfide) groups is 1. The summed E-state index contributed by atoms with van der Waals surface area (Å²) in [6.07, 6.45) is 2.07. The second kappa shape index (κ2) is 8.59. The van der Waals surface area contributed by atoms with Gasteiger partial charge in [-0.15, -0.1) is 11.8 Å². The van der Waals surface area contributed by atoms with Gasteiger partial charge in [-0.1, -0.05) is 12.1 Å². The van der Waals surface area contributed by atoms with Crippen LogP contribution in [-0.4, -0.2) is 48.0 Å². The summed E-state index contributed by atoms with van der Waals surface area (Å²) in [5.41, 5.74) is 1.69. The van der Waals surface area contributed by atoms with Crippen molar-refractivity contribution in [1.82, 2.24) is 4.90 Å². The van der Waals surface area contributed by atoms with Crippen LogP contribution in [0.5, 0.6) is 0 Å². The van der Waals surface area contributed by atoms with Gasteiger partial charge in [0.25, 0.3) is 0 Å². The van der Waals surface area contributed by atoms with Crippen LogP contribution in [0.1, 0.15) is 24.0 Å². The minimum Gasteiger partial charge on any atom is -0.468 e. The molecule has 0 aromatic heterocycles. The molecule has 1 aromatic carbocycles.